The Balaban J connectivity index is 3.65. The third-order valence-electron chi connectivity index (χ3n) is 2.17. The second-order valence-electron chi connectivity index (χ2n) is 3.96. The van der Waals surface area contributed by atoms with Crippen LogP contribution < -0.4 is 0 Å². The number of nitriles is 1. The molecule has 0 saturated carbocycles. The van der Waals surface area contributed by atoms with Gasteiger partial charge in [0.05, 0.1) is 6.07 Å². The molecule has 10 heavy (non-hydrogen) atoms. The topological polar surface area (TPSA) is 23.8 Å². The van der Waals surface area contributed by atoms with E-state index in [9.17, 15) is 0 Å². The van der Waals surface area contributed by atoms with Crippen LogP contribution in [0.4, 0.5) is 0 Å². The van der Waals surface area contributed by atoms with Crippen molar-refractivity contribution in [3.8, 4) is 6.07 Å². The van der Waals surface area contributed by atoms with E-state index in [0.717, 1.165) is 18.4 Å². The Hall–Kier alpha value is -0.293. The van der Waals surface area contributed by atoms with E-state index >= 15 is 0 Å². The Morgan fingerprint density at radius 3 is 2.20 bits per heavy atom. The van der Waals surface area contributed by atoms with Crippen LogP contribution in [0.5, 0.6) is 0 Å². The summed E-state index contributed by atoms with van der Waals surface area (Å²) in [7, 11) is -0.949. The van der Waals surface area contributed by atoms with Crippen molar-refractivity contribution in [3.63, 3.8) is 0 Å². The van der Waals surface area contributed by atoms with Crippen LogP contribution in [0.2, 0.25) is 25.2 Å². The first-order chi connectivity index (χ1) is 4.48. The molecule has 0 amide bonds. The Morgan fingerprint density at radius 1 is 1.40 bits per heavy atom. The lowest BCUT2D eigenvalue weighted by Gasteiger charge is -2.23. The molecule has 0 heterocycles. The standard InChI is InChI=1S/C8H17NSi/c1-8(6-5-7-9)10(2,3)4/h8H,5-6H2,1-4H3. The van der Waals surface area contributed by atoms with Crippen LogP contribution in [0.15, 0.2) is 0 Å². The zero-order valence-corrected chi connectivity index (χ0v) is 8.44. The van der Waals surface area contributed by atoms with Gasteiger partial charge in [0.1, 0.15) is 0 Å². The molecule has 2 heteroatoms. The Bertz CT molecular complexity index is 129. The molecular weight excluding hydrogens is 138 g/mol. The molecule has 1 nitrogen and oxygen atoms in total. The molecule has 0 spiro atoms. The number of nitrogens with zero attached hydrogens (tertiary/aromatic N) is 1. The zero-order chi connectivity index (χ0) is 8.20. The molecule has 0 aromatic rings. The van der Waals surface area contributed by atoms with Crippen molar-refractivity contribution in [1.82, 2.24) is 0 Å². The fraction of sp³-hybridized carbons (Fsp3) is 0.875. The fourth-order valence-corrected chi connectivity index (χ4v) is 1.72. The molecule has 0 N–H and O–H groups in total. The third kappa shape index (κ3) is 3.68. The van der Waals surface area contributed by atoms with Crippen molar-refractivity contribution in [3.05, 3.63) is 0 Å². The average molecular weight is 155 g/mol. The van der Waals surface area contributed by atoms with Gasteiger partial charge in [-0.1, -0.05) is 26.6 Å². The van der Waals surface area contributed by atoms with Crippen molar-refractivity contribution in [2.75, 3.05) is 0 Å². The predicted octanol–water partition coefficient (Wildman–Crippen LogP) is 3.02. The highest BCUT2D eigenvalue weighted by molar-refractivity contribution is 6.77. The van der Waals surface area contributed by atoms with Gasteiger partial charge in [0.15, 0.2) is 0 Å². The summed E-state index contributed by atoms with van der Waals surface area (Å²) in [4.78, 5) is 0. The molecule has 0 fully saturated rings. The zero-order valence-electron chi connectivity index (χ0n) is 7.44. The molecule has 0 aromatic heterocycles. The molecule has 1 atom stereocenters. The van der Waals surface area contributed by atoms with Crippen molar-refractivity contribution >= 4 is 8.07 Å². The summed E-state index contributed by atoms with van der Waals surface area (Å²) in [6.45, 7) is 9.34. The first kappa shape index (κ1) is 9.71. The van der Waals surface area contributed by atoms with Crippen LogP contribution in [-0.4, -0.2) is 8.07 Å². The minimum Gasteiger partial charge on any atom is -0.198 e. The highest BCUT2D eigenvalue weighted by Crippen LogP contribution is 2.25. The van der Waals surface area contributed by atoms with Crippen LogP contribution in [0.3, 0.4) is 0 Å². The quantitative estimate of drug-likeness (QED) is 0.575. The summed E-state index contributed by atoms with van der Waals surface area (Å²) >= 11 is 0. The third-order valence-corrected chi connectivity index (χ3v) is 5.41. The van der Waals surface area contributed by atoms with Gasteiger partial charge in [-0.15, -0.1) is 0 Å². The molecule has 0 aromatic carbocycles. The van der Waals surface area contributed by atoms with Crippen LogP contribution in [0, 0.1) is 11.3 Å². The lowest BCUT2D eigenvalue weighted by atomic mass is 10.3. The van der Waals surface area contributed by atoms with E-state index in [4.69, 9.17) is 5.26 Å². The van der Waals surface area contributed by atoms with Gasteiger partial charge in [0.2, 0.25) is 0 Å². The van der Waals surface area contributed by atoms with Crippen molar-refractivity contribution in [2.24, 2.45) is 0 Å². The first-order valence-electron chi connectivity index (χ1n) is 3.85. The average Bonchev–Trinajstić information content (AvgIpc) is 1.80. The van der Waals surface area contributed by atoms with Gasteiger partial charge >= 0.3 is 0 Å². The molecule has 0 saturated heterocycles. The highest BCUT2D eigenvalue weighted by Gasteiger charge is 2.21. The molecule has 0 bridgehead atoms. The SMILES string of the molecule is CC(CCC#N)[Si](C)(C)C. The second-order valence-corrected chi connectivity index (χ2v) is 9.68. The summed E-state index contributed by atoms with van der Waals surface area (Å²) in [5.41, 5.74) is 0.784. The molecule has 1 unspecified atom stereocenters. The van der Waals surface area contributed by atoms with E-state index in [0.29, 0.717) is 0 Å². The Labute approximate surface area is 65.1 Å². The molecule has 0 rings (SSSR count). The Kier molecular flexibility index (Phi) is 3.66. The normalized spacial score (nSPS) is 14.3. The van der Waals surface area contributed by atoms with Gasteiger partial charge in [0, 0.05) is 14.5 Å². The van der Waals surface area contributed by atoms with Crippen LogP contribution in [0.1, 0.15) is 19.8 Å². The van der Waals surface area contributed by atoms with Gasteiger partial charge < -0.3 is 0 Å². The van der Waals surface area contributed by atoms with E-state index in [2.05, 4.69) is 32.6 Å². The van der Waals surface area contributed by atoms with E-state index in [1.165, 1.54) is 0 Å². The van der Waals surface area contributed by atoms with Gasteiger partial charge in [-0.2, -0.15) is 5.26 Å². The summed E-state index contributed by atoms with van der Waals surface area (Å²) in [6.07, 6.45) is 1.82. The largest absolute Gasteiger partial charge is 0.198 e. The smallest absolute Gasteiger partial charge is 0.0621 e. The summed E-state index contributed by atoms with van der Waals surface area (Å²) in [5.74, 6) is 0. The number of rotatable bonds is 3. The highest BCUT2D eigenvalue weighted by atomic mass is 28.3. The van der Waals surface area contributed by atoms with E-state index in [-0.39, 0.29) is 0 Å². The summed E-state index contributed by atoms with van der Waals surface area (Å²) in [6, 6.07) is 2.19. The van der Waals surface area contributed by atoms with Crippen LogP contribution >= 0.6 is 0 Å². The maximum absolute atomic E-state index is 8.35. The van der Waals surface area contributed by atoms with E-state index in [1.807, 2.05) is 0 Å². The Morgan fingerprint density at radius 2 is 1.90 bits per heavy atom. The molecule has 0 aliphatic carbocycles. The minimum atomic E-state index is -0.949. The van der Waals surface area contributed by atoms with Crippen molar-refractivity contribution < 1.29 is 0 Å². The molecule has 0 aliphatic rings. The van der Waals surface area contributed by atoms with E-state index < -0.39 is 8.07 Å². The van der Waals surface area contributed by atoms with Gasteiger partial charge in [-0.25, -0.2) is 0 Å². The molecule has 0 aliphatic heterocycles. The molecule has 0 radical (unpaired) electrons. The monoisotopic (exact) mass is 155 g/mol. The fourth-order valence-electron chi connectivity index (χ4n) is 0.714. The second kappa shape index (κ2) is 3.77. The van der Waals surface area contributed by atoms with Gasteiger partial charge in [-0.05, 0) is 12.0 Å². The lowest BCUT2D eigenvalue weighted by molar-refractivity contribution is 0.789. The van der Waals surface area contributed by atoms with Crippen LogP contribution in [-0.2, 0) is 0 Å². The predicted molar refractivity (Wildman–Crippen MR) is 47.6 cm³/mol. The summed E-state index contributed by atoms with van der Waals surface area (Å²) < 4.78 is 0. The van der Waals surface area contributed by atoms with Gasteiger partial charge in [0.25, 0.3) is 0 Å². The molecule has 58 valence electrons. The first-order valence-corrected chi connectivity index (χ1v) is 7.43. The minimum absolute atomic E-state index is 0.728. The maximum atomic E-state index is 8.35. The lowest BCUT2D eigenvalue weighted by Crippen LogP contribution is -2.25. The summed E-state index contributed by atoms with van der Waals surface area (Å²) in [5, 5.41) is 8.35. The van der Waals surface area contributed by atoms with Crippen LogP contribution in [0.25, 0.3) is 0 Å². The number of hydrogen-bond donors (Lipinski definition) is 0. The van der Waals surface area contributed by atoms with E-state index in [1.54, 1.807) is 0 Å². The number of hydrogen-bond acceptors (Lipinski definition) is 1. The van der Waals surface area contributed by atoms with Crippen molar-refractivity contribution in [1.29, 1.82) is 5.26 Å². The van der Waals surface area contributed by atoms with Crippen molar-refractivity contribution in [2.45, 2.75) is 44.9 Å². The maximum Gasteiger partial charge on any atom is 0.0621 e. The van der Waals surface area contributed by atoms with Gasteiger partial charge in [-0.3, -0.25) is 0 Å². The molecular formula is C8H17NSi.